The number of rotatable bonds is 4. The predicted molar refractivity (Wildman–Crippen MR) is 102 cm³/mol. The van der Waals surface area contributed by atoms with Crippen molar-refractivity contribution in [1.29, 1.82) is 5.26 Å². The van der Waals surface area contributed by atoms with Gasteiger partial charge in [-0.3, -0.25) is 4.79 Å². The average molecular weight is 387 g/mol. The SMILES string of the molecule is CNC(=O)OC1CCc2c(sc(NC(=O)C=Cc3cccs3)c2C#N)C1. The second kappa shape index (κ2) is 8.17. The van der Waals surface area contributed by atoms with Crippen LogP contribution in [0.4, 0.5) is 9.80 Å². The molecule has 0 aliphatic heterocycles. The van der Waals surface area contributed by atoms with E-state index in [0.29, 0.717) is 29.8 Å². The smallest absolute Gasteiger partial charge is 0.407 e. The standard InChI is InChI=1S/C18H17N3O3S2/c1-20-18(23)24-11-4-6-13-14(10-19)17(26-15(13)9-11)21-16(22)7-5-12-3-2-8-25-12/h2-3,5,7-8,11H,4,6,9H2,1H3,(H,20,23)(H,21,22). The minimum absolute atomic E-state index is 0.213. The molecule has 2 heterocycles. The van der Waals surface area contributed by atoms with Crippen LogP contribution in [0.5, 0.6) is 0 Å². The van der Waals surface area contributed by atoms with Crippen molar-refractivity contribution in [2.24, 2.45) is 0 Å². The minimum atomic E-state index is -0.456. The van der Waals surface area contributed by atoms with Crippen LogP contribution >= 0.6 is 22.7 Å². The number of anilines is 1. The highest BCUT2D eigenvalue weighted by Gasteiger charge is 2.28. The van der Waals surface area contributed by atoms with Crippen LogP contribution < -0.4 is 10.6 Å². The molecule has 1 aliphatic rings. The first-order chi connectivity index (χ1) is 12.6. The van der Waals surface area contributed by atoms with Crippen LogP contribution in [0.25, 0.3) is 6.08 Å². The number of nitrogens with zero attached hydrogens (tertiary/aromatic N) is 1. The maximum Gasteiger partial charge on any atom is 0.407 e. The number of amides is 2. The molecule has 8 heteroatoms. The molecule has 2 aromatic rings. The number of nitrogens with one attached hydrogen (secondary N) is 2. The Morgan fingerprint density at radius 3 is 3.00 bits per heavy atom. The largest absolute Gasteiger partial charge is 0.446 e. The number of thiophene rings is 2. The summed E-state index contributed by atoms with van der Waals surface area (Å²) in [5.74, 6) is -0.272. The molecule has 0 saturated heterocycles. The highest BCUT2D eigenvalue weighted by Crippen LogP contribution is 2.38. The second-order valence-electron chi connectivity index (χ2n) is 5.68. The lowest BCUT2D eigenvalue weighted by atomic mass is 9.94. The Balaban J connectivity index is 1.72. The summed E-state index contributed by atoms with van der Waals surface area (Å²) < 4.78 is 5.32. The molecule has 1 unspecified atom stereocenters. The molecule has 1 atom stereocenters. The summed E-state index contributed by atoms with van der Waals surface area (Å²) in [6.07, 6.45) is 4.41. The Bertz CT molecular complexity index is 878. The Morgan fingerprint density at radius 2 is 2.31 bits per heavy atom. The molecule has 26 heavy (non-hydrogen) atoms. The van der Waals surface area contributed by atoms with Crippen LogP contribution in [0.15, 0.2) is 23.6 Å². The molecule has 0 spiro atoms. The highest BCUT2D eigenvalue weighted by atomic mass is 32.1. The Labute approximate surface area is 159 Å². The topological polar surface area (TPSA) is 91.2 Å². The first-order valence-electron chi connectivity index (χ1n) is 8.06. The number of ether oxygens (including phenoxy) is 1. The molecule has 6 nitrogen and oxygen atoms in total. The lowest BCUT2D eigenvalue weighted by Gasteiger charge is -2.22. The maximum atomic E-state index is 12.2. The number of hydrogen-bond acceptors (Lipinski definition) is 6. The normalized spacial score (nSPS) is 15.9. The molecule has 3 rings (SSSR count). The van der Waals surface area contributed by atoms with E-state index in [0.717, 1.165) is 15.3 Å². The van der Waals surface area contributed by atoms with E-state index in [4.69, 9.17) is 4.74 Å². The molecule has 0 aromatic carbocycles. The van der Waals surface area contributed by atoms with Gasteiger partial charge in [0.15, 0.2) is 0 Å². The van der Waals surface area contributed by atoms with E-state index < -0.39 is 6.09 Å². The van der Waals surface area contributed by atoms with Gasteiger partial charge in [-0.2, -0.15) is 5.26 Å². The van der Waals surface area contributed by atoms with Crippen molar-refractivity contribution in [3.8, 4) is 6.07 Å². The van der Waals surface area contributed by atoms with Crippen LogP contribution in [0.2, 0.25) is 0 Å². The van der Waals surface area contributed by atoms with Crippen molar-refractivity contribution in [2.75, 3.05) is 12.4 Å². The van der Waals surface area contributed by atoms with Crippen LogP contribution in [0.3, 0.4) is 0 Å². The lowest BCUT2D eigenvalue weighted by Crippen LogP contribution is -2.29. The van der Waals surface area contributed by atoms with Gasteiger partial charge in [0.2, 0.25) is 5.91 Å². The summed E-state index contributed by atoms with van der Waals surface area (Å²) in [6.45, 7) is 0. The average Bonchev–Trinajstić information content (AvgIpc) is 3.26. The summed E-state index contributed by atoms with van der Waals surface area (Å²) in [4.78, 5) is 25.5. The molecule has 134 valence electrons. The zero-order valence-corrected chi connectivity index (χ0v) is 15.7. The first-order valence-corrected chi connectivity index (χ1v) is 9.76. The van der Waals surface area contributed by atoms with Gasteiger partial charge in [-0.1, -0.05) is 6.07 Å². The second-order valence-corrected chi connectivity index (χ2v) is 7.76. The Morgan fingerprint density at radius 1 is 1.46 bits per heavy atom. The fourth-order valence-corrected chi connectivity index (χ4v) is 4.65. The minimum Gasteiger partial charge on any atom is -0.446 e. The zero-order chi connectivity index (χ0) is 18.5. The summed E-state index contributed by atoms with van der Waals surface area (Å²) in [6, 6.07) is 6.04. The molecule has 1 aliphatic carbocycles. The highest BCUT2D eigenvalue weighted by molar-refractivity contribution is 7.16. The summed E-state index contributed by atoms with van der Waals surface area (Å²) in [5.41, 5.74) is 1.47. The van der Waals surface area contributed by atoms with E-state index in [-0.39, 0.29) is 12.0 Å². The fraction of sp³-hybridized carbons (Fsp3) is 0.278. The quantitative estimate of drug-likeness (QED) is 0.785. The maximum absolute atomic E-state index is 12.2. The van der Waals surface area contributed by atoms with Gasteiger partial charge in [-0.15, -0.1) is 22.7 Å². The van der Waals surface area contributed by atoms with Crippen LogP contribution in [-0.2, 0) is 22.4 Å². The van der Waals surface area contributed by atoms with Crippen molar-refractivity contribution in [2.45, 2.75) is 25.4 Å². The number of fused-ring (bicyclic) bond motifs is 1. The van der Waals surface area contributed by atoms with Crippen molar-refractivity contribution >= 4 is 45.8 Å². The molecule has 2 aromatic heterocycles. The molecule has 0 saturated carbocycles. The number of nitriles is 1. The molecule has 0 bridgehead atoms. The third-order valence-electron chi connectivity index (χ3n) is 3.99. The van der Waals surface area contributed by atoms with Gasteiger partial charge in [-0.05, 0) is 35.9 Å². The van der Waals surface area contributed by atoms with E-state index in [1.807, 2.05) is 17.5 Å². The summed E-state index contributed by atoms with van der Waals surface area (Å²) in [5, 5.41) is 17.2. The van der Waals surface area contributed by atoms with Gasteiger partial charge in [0.25, 0.3) is 0 Å². The van der Waals surface area contributed by atoms with E-state index in [2.05, 4.69) is 16.7 Å². The van der Waals surface area contributed by atoms with Gasteiger partial charge in [-0.25, -0.2) is 4.79 Å². The Kier molecular flexibility index (Phi) is 5.71. The van der Waals surface area contributed by atoms with Crippen LogP contribution in [0, 0.1) is 11.3 Å². The van der Waals surface area contributed by atoms with E-state index in [9.17, 15) is 14.9 Å². The van der Waals surface area contributed by atoms with Crippen molar-refractivity contribution in [3.63, 3.8) is 0 Å². The van der Waals surface area contributed by atoms with E-state index in [1.54, 1.807) is 17.4 Å². The molecular weight excluding hydrogens is 370 g/mol. The van der Waals surface area contributed by atoms with Gasteiger partial charge in [0, 0.05) is 29.3 Å². The van der Waals surface area contributed by atoms with Crippen molar-refractivity contribution < 1.29 is 14.3 Å². The molecule has 2 N–H and O–H groups in total. The summed E-state index contributed by atoms with van der Waals surface area (Å²) in [7, 11) is 1.52. The summed E-state index contributed by atoms with van der Waals surface area (Å²) >= 11 is 2.92. The number of hydrogen-bond donors (Lipinski definition) is 2. The molecule has 0 fully saturated rings. The number of carbonyl (C=O) groups is 2. The zero-order valence-electron chi connectivity index (χ0n) is 14.1. The fourth-order valence-electron chi connectivity index (χ4n) is 2.77. The van der Waals surface area contributed by atoms with Crippen LogP contribution in [0.1, 0.15) is 27.3 Å². The third kappa shape index (κ3) is 4.12. The van der Waals surface area contributed by atoms with Gasteiger partial charge < -0.3 is 15.4 Å². The lowest BCUT2D eigenvalue weighted by molar-refractivity contribution is -0.111. The van der Waals surface area contributed by atoms with Gasteiger partial charge in [0.1, 0.15) is 17.2 Å². The van der Waals surface area contributed by atoms with E-state index >= 15 is 0 Å². The van der Waals surface area contributed by atoms with Crippen molar-refractivity contribution in [1.82, 2.24) is 5.32 Å². The van der Waals surface area contributed by atoms with Crippen molar-refractivity contribution in [3.05, 3.63) is 44.5 Å². The van der Waals surface area contributed by atoms with E-state index in [1.165, 1.54) is 24.5 Å². The van der Waals surface area contributed by atoms with Gasteiger partial charge in [0.05, 0.1) is 5.56 Å². The van der Waals surface area contributed by atoms with Crippen LogP contribution in [-0.4, -0.2) is 25.2 Å². The monoisotopic (exact) mass is 387 g/mol. The first kappa shape index (κ1) is 18.2. The number of carbonyl (C=O) groups excluding carboxylic acids is 2. The molecule has 2 amide bonds. The van der Waals surface area contributed by atoms with Gasteiger partial charge >= 0.3 is 6.09 Å². The molecule has 0 radical (unpaired) electrons. The predicted octanol–water partition coefficient (Wildman–Crippen LogP) is 3.55. The number of alkyl carbamates (subject to hydrolysis) is 1. The molecular formula is C18H17N3O3S2. The third-order valence-corrected chi connectivity index (χ3v) is 6.00. The Hall–Kier alpha value is -2.63.